The van der Waals surface area contributed by atoms with E-state index in [1.165, 1.54) is 0 Å². The third-order valence-corrected chi connectivity index (χ3v) is 3.04. The first-order valence-corrected chi connectivity index (χ1v) is 6.20. The highest BCUT2D eigenvalue weighted by molar-refractivity contribution is 5.72. The van der Waals surface area contributed by atoms with Crippen molar-refractivity contribution in [3.63, 3.8) is 0 Å². The summed E-state index contributed by atoms with van der Waals surface area (Å²) in [5.41, 5.74) is 0. The lowest BCUT2D eigenvalue weighted by Gasteiger charge is -2.21. The Bertz CT molecular complexity index is 246. The van der Waals surface area contributed by atoms with Crippen molar-refractivity contribution in [1.82, 2.24) is 9.80 Å². The molecule has 0 aliphatic carbocycles. The topological polar surface area (TPSA) is 53.0 Å². The quantitative estimate of drug-likeness (QED) is 0.707. The van der Waals surface area contributed by atoms with Gasteiger partial charge in [0.15, 0.2) is 6.10 Å². The number of likely N-dealkylation sites (N-methyl/N-ethyl adjacent to an activating group) is 1. The van der Waals surface area contributed by atoms with Crippen molar-refractivity contribution in [3.05, 3.63) is 0 Å². The molecule has 17 heavy (non-hydrogen) atoms. The van der Waals surface area contributed by atoms with Crippen molar-refractivity contribution in [1.29, 1.82) is 0 Å². The molecule has 2 atom stereocenters. The minimum Gasteiger partial charge on any atom is -0.479 e. The van der Waals surface area contributed by atoms with Crippen LogP contribution in [0.2, 0.25) is 0 Å². The first-order chi connectivity index (χ1) is 7.99. The molecule has 1 fully saturated rings. The van der Waals surface area contributed by atoms with Gasteiger partial charge in [-0.15, -0.1) is 0 Å². The molecule has 0 amide bonds. The van der Waals surface area contributed by atoms with Gasteiger partial charge in [-0.1, -0.05) is 0 Å². The number of nitrogens with zero attached hydrogens (tertiary/aromatic N) is 2. The maximum Gasteiger partial charge on any atom is 0.332 e. The summed E-state index contributed by atoms with van der Waals surface area (Å²) in [6.45, 7) is 2.93. The number of aliphatic carboxylic acids is 1. The zero-order valence-electron chi connectivity index (χ0n) is 11.1. The molecule has 1 rings (SSSR count). The van der Waals surface area contributed by atoms with Gasteiger partial charge in [-0.05, 0) is 53.5 Å². The van der Waals surface area contributed by atoms with Crippen LogP contribution in [0.1, 0.15) is 19.3 Å². The maximum atomic E-state index is 10.7. The third-order valence-electron chi connectivity index (χ3n) is 3.04. The molecule has 0 aromatic carbocycles. The van der Waals surface area contributed by atoms with Gasteiger partial charge in [-0.2, -0.15) is 0 Å². The smallest absolute Gasteiger partial charge is 0.332 e. The molecule has 0 bridgehead atoms. The van der Waals surface area contributed by atoms with Crippen molar-refractivity contribution in [2.45, 2.75) is 31.5 Å². The Hall–Kier alpha value is -0.650. The van der Waals surface area contributed by atoms with E-state index in [-0.39, 0.29) is 6.10 Å². The lowest BCUT2D eigenvalue weighted by Crippen LogP contribution is -2.32. The number of carboxylic acid groups (broad SMARTS) is 1. The second-order valence-electron chi connectivity index (χ2n) is 5.08. The summed E-state index contributed by atoms with van der Waals surface area (Å²) in [6.07, 6.45) is 2.12. The highest BCUT2D eigenvalue weighted by Gasteiger charge is 2.30. The van der Waals surface area contributed by atoms with Crippen molar-refractivity contribution in [2.75, 3.05) is 40.8 Å². The van der Waals surface area contributed by atoms with Gasteiger partial charge in [-0.25, -0.2) is 4.79 Å². The molecule has 2 unspecified atom stereocenters. The monoisotopic (exact) mass is 244 g/mol. The van der Waals surface area contributed by atoms with E-state index in [9.17, 15) is 4.79 Å². The van der Waals surface area contributed by atoms with Crippen molar-refractivity contribution in [2.24, 2.45) is 0 Å². The van der Waals surface area contributed by atoms with E-state index in [2.05, 4.69) is 30.9 Å². The van der Waals surface area contributed by atoms with E-state index in [4.69, 9.17) is 9.84 Å². The number of ether oxygens (including phenoxy) is 1. The number of carbonyl (C=O) groups is 1. The van der Waals surface area contributed by atoms with E-state index in [1.54, 1.807) is 0 Å². The Morgan fingerprint density at radius 2 is 2.00 bits per heavy atom. The fourth-order valence-electron chi connectivity index (χ4n) is 2.12. The Morgan fingerprint density at radius 3 is 2.53 bits per heavy atom. The zero-order chi connectivity index (χ0) is 12.8. The predicted molar refractivity (Wildman–Crippen MR) is 66.2 cm³/mol. The largest absolute Gasteiger partial charge is 0.479 e. The summed E-state index contributed by atoms with van der Waals surface area (Å²) in [5, 5.41) is 8.82. The highest BCUT2D eigenvalue weighted by Crippen LogP contribution is 2.20. The van der Waals surface area contributed by atoms with Gasteiger partial charge in [0.1, 0.15) is 0 Å². The minimum absolute atomic E-state index is 0.0838. The first-order valence-electron chi connectivity index (χ1n) is 6.20. The molecule has 5 nitrogen and oxygen atoms in total. The van der Waals surface area contributed by atoms with Crippen molar-refractivity contribution in [3.8, 4) is 0 Å². The standard InChI is InChI=1S/C12H24N2O3/c1-13(2)7-4-8-14(3)9-10-5-6-11(17-10)12(15)16/h10-11H,4-9H2,1-3H3,(H,15,16). The van der Waals surface area contributed by atoms with E-state index in [1.807, 2.05) is 0 Å². The zero-order valence-corrected chi connectivity index (χ0v) is 11.1. The van der Waals surface area contributed by atoms with Crippen molar-refractivity contribution < 1.29 is 14.6 Å². The van der Waals surface area contributed by atoms with E-state index >= 15 is 0 Å². The first kappa shape index (κ1) is 14.4. The van der Waals surface area contributed by atoms with E-state index in [0.717, 1.165) is 32.5 Å². The second kappa shape index (κ2) is 6.93. The molecule has 0 saturated carbocycles. The molecule has 1 aliphatic heterocycles. The summed E-state index contributed by atoms with van der Waals surface area (Å²) >= 11 is 0. The Balaban J connectivity index is 2.15. The number of hydrogen-bond donors (Lipinski definition) is 1. The number of rotatable bonds is 7. The van der Waals surface area contributed by atoms with Crippen LogP contribution in [0, 0.1) is 0 Å². The molecule has 1 N–H and O–H groups in total. The number of carboxylic acids is 1. The molecular weight excluding hydrogens is 220 g/mol. The molecule has 1 heterocycles. The van der Waals surface area contributed by atoms with Crippen LogP contribution < -0.4 is 0 Å². The second-order valence-corrected chi connectivity index (χ2v) is 5.08. The molecule has 0 aromatic heterocycles. The van der Waals surface area contributed by atoms with Crippen LogP contribution in [-0.2, 0) is 9.53 Å². The SMILES string of the molecule is CN(C)CCCN(C)CC1CCC(C(=O)O)O1. The van der Waals surface area contributed by atoms with Crippen LogP contribution in [0.4, 0.5) is 0 Å². The van der Waals surface area contributed by atoms with Crippen molar-refractivity contribution >= 4 is 5.97 Å². The Kier molecular flexibility index (Phi) is 5.88. The van der Waals surface area contributed by atoms with Crippen LogP contribution in [0.3, 0.4) is 0 Å². The Labute approximate surface area is 103 Å². The van der Waals surface area contributed by atoms with Crippen LogP contribution >= 0.6 is 0 Å². The fourth-order valence-corrected chi connectivity index (χ4v) is 2.12. The average Bonchev–Trinajstić information content (AvgIpc) is 2.65. The summed E-state index contributed by atoms with van der Waals surface area (Å²) in [6, 6.07) is 0. The molecular formula is C12H24N2O3. The normalized spacial score (nSPS) is 24.8. The average molecular weight is 244 g/mol. The molecule has 5 heteroatoms. The highest BCUT2D eigenvalue weighted by atomic mass is 16.5. The van der Waals surface area contributed by atoms with Gasteiger partial charge in [-0.3, -0.25) is 0 Å². The third kappa shape index (κ3) is 5.48. The maximum absolute atomic E-state index is 10.7. The molecule has 0 aromatic rings. The van der Waals surface area contributed by atoms with Gasteiger partial charge in [0.25, 0.3) is 0 Å². The van der Waals surface area contributed by atoms with E-state index in [0.29, 0.717) is 6.42 Å². The summed E-state index contributed by atoms with van der Waals surface area (Å²) in [5.74, 6) is -0.831. The number of hydrogen-bond acceptors (Lipinski definition) is 4. The van der Waals surface area contributed by atoms with E-state index < -0.39 is 12.1 Å². The molecule has 1 aliphatic rings. The van der Waals surface area contributed by atoms with Crippen LogP contribution in [0.15, 0.2) is 0 Å². The minimum atomic E-state index is -0.831. The molecule has 100 valence electrons. The molecule has 1 saturated heterocycles. The lowest BCUT2D eigenvalue weighted by molar-refractivity contribution is -0.149. The van der Waals surface area contributed by atoms with Crippen LogP contribution in [0.5, 0.6) is 0 Å². The molecule has 0 spiro atoms. The predicted octanol–water partition coefficient (Wildman–Crippen LogP) is 0.502. The van der Waals surface area contributed by atoms with Crippen LogP contribution in [0.25, 0.3) is 0 Å². The summed E-state index contributed by atoms with van der Waals surface area (Å²) < 4.78 is 5.47. The molecule has 0 radical (unpaired) electrons. The van der Waals surface area contributed by atoms with Gasteiger partial charge in [0.05, 0.1) is 6.10 Å². The fraction of sp³-hybridized carbons (Fsp3) is 0.917. The van der Waals surface area contributed by atoms with Gasteiger partial charge in [0, 0.05) is 6.54 Å². The Morgan fingerprint density at radius 1 is 1.29 bits per heavy atom. The van der Waals surface area contributed by atoms with Gasteiger partial charge in [0.2, 0.25) is 0 Å². The van der Waals surface area contributed by atoms with Gasteiger partial charge < -0.3 is 19.6 Å². The lowest BCUT2D eigenvalue weighted by atomic mass is 10.2. The van der Waals surface area contributed by atoms with Crippen LogP contribution in [-0.4, -0.2) is 73.9 Å². The summed E-state index contributed by atoms with van der Waals surface area (Å²) in [4.78, 5) is 15.1. The summed E-state index contributed by atoms with van der Waals surface area (Å²) in [7, 11) is 6.20. The van der Waals surface area contributed by atoms with Gasteiger partial charge >= 0.3 is 5.97 Å².